The molecule has 0 bridgehead atoms. The second kappa shape index (κ2) is 4.65. The molecular weight excluding hydrogens is 232 g/mol. The first kappa shape index (κ1) is 12.2. The van der Waals surface area contributed by atoms with Gasteiger partial charge in [0.15, 0.2) is 0 Å². The molecule has 2 aromatic rings. The van der Waals surface area contributed by atoms with Gasteiger partial charge in [-0.15, -0.1) is 0 Å². The van der Waals surface area contributed by atoms with Gasteiger partial charge in [0.1, 0.15) is 5.78 Å². The summed E-state index contributed by atoms with van der Waals surface area (Å²) in [5.74, 6) is 0.369. The molecule has 96 valence electrons. The molecule has 0 aliphatic heterocycles. The Balaban J connectivity index is 1.84. The minimum atomic E-state index is -0.191. The fourth-order valence-electron chi connectivity index (χ4n) is 2.76. The summed E-state index contributed by atoms with van der Waals surface area (Å²) in [6, 6.07) is 18.4. The van der Waals surface area contributed by atoms with Crippen molar-refractivity contribution in [1.82, 2.24) is 0 Å². The summed E-state index contributed by atoms with van der Waals surface area (Å²) < 4.78 is 0. The number of hydrogen-bond donors (Lipinski definition) is 0. The van der Waals surface area contributed by atoms with Crippen molar-refractivity contribution in [2.75, 3.05) is 0 Å². The molecule has 1 aliphatic rings. The number of aryl methyl sites for hydroxylation is 1. The van der Waals surface area contributed by atoms with Crippen molar-refractivity contribution < 1.29 is 4.79 Å². The molecule has 0 N–H and O–H groups in total. The zero-order valence-electron chi connectivity index (χ0n) is 11.2. The summed E-state index contributed by atoms with van der Waals surface area (Å²) in [4.78, 5) is 12.6. The maximum absolute atomic E-state index is 12.6. The third kappa shape index (κ3) is 2.21. The van der Waals surface area contributed by atoms with Gasteiger partial charge in [-0.3, -0.25) is 4.79 Å². The zero-order chi connectivity index (χ0) is 13.3. The smallest absolute Gasteiger partial charge is 0.147 e. The summed E-state index contributed by atoms with van der Waals surface area (Å²) in [6.45, 7) is 2.07. The standard InChI is InChI=1S/C18H18O/c1-14-7-5-6-8-15(14)13-17(19)18(11-12-18)16-9-3-2-4-10-16/h2-10H,11-13H2,1H3. The lowest BCUT2D eigenvalue weighted by Crippen LogP contribution is -2.22. The van der Waals surface area contributed by atoms with Crippen molar-refractivity contribution >= 4 is 5.78 Å². The van der Waals surface area contributed by atoms with Crippen molar-refractivity contribution in [1.29, 1.82) is 0 Å². The number of rotatable bonds is 4. The van der Waals surface area contributed by atoms with Crippen LogP contribution in [0.2, 0.25) is 0 Å². The SMILES string of the molecule is Cc1ccccc1CC(=O)C1(c2ccccc2)CC1. The molecule has 19 heavy (non-hydrogen) atoms. The minimum Gasteiger partial charge on any atom is -0.298 e. The Labute approximate surface area is 114 Å². The first-order valence-electron chi connectivity index (χ1n) is 6.86. The van der Waals surface area contributed by atoms with Gasteiger partial charge in [-0.2, -0.15) is 0 Å². The van der Waals surface area contributed by atoms with E-state index >= 15 is 0 Å². The number of hydrogen-bond acceptors (Lipinski definition) is 1. The van der Waals surface area contributed by atoms with E-state index in [1.165, 1.54) is 11.1 Å². The van der Waals surface area contributed by atoms with Gasteiger partial charge in [0.25, 0.3) is 0 Å². The van der Waals surface area contributed by atoms with Gasteiger partial charge in [0, 0.05) is 6.42 Å². The van der Waals surface area contributed by atoms with Gasteiger partial charge in [-0.1, -0.05) is 54.6 Å². The van der Waals surface area contributed by atoms with Crippen molar-refractivity contribution in [3.05, 3.63) is 71.3 Å². The van der Waals surface area contributed by atoms with E-state index in [0.29, 0.717) is 12.2 Å². The molecule has 0 atom stereocenters. The Morgan fingerprint density at radius 2 is 1.63 bits per heavy atom. The number of benzene rings is 2. The molecule has 0 spiro atoms. The number of carbonyl (C=O) groups is 1. The van der Waals surface area contributed by atoms with Crippen LogP contribution in [0.1, 0.15) is 29.5 Å². The zero-order valence-corrected chi connectivity index (χ0v) is 11.2. The Morgan fingerprint density at radius 1 is 1.00 bits per heavy atom. The van der Waals surface area contributed by atoms with Crippen LogP contribution in [-0.2, 0) is 16.6 Å². The molecule has 0 heterocycles. The summed E-state index contributed by atoms with van der Waals surface area (Å²) in [6.07, 6.45) is 2.56. The summed E-state index contributed by atoms with van der Waals surface area (Å²) in [5, 5.41) is 0. The molecule has 0 amide bonds. The van der Waals surface area contributed by atoms with Crippen LogP contribution in [0.3, 0.4) is 0 Å². The van der Waals surface area contributed by atoms with Crippen molar-refractivity contribution in [2.24, 2.45) is 0 Å². The lowest BCUT2D eigenvalue weighted by atomic mass is 9.87. The second-order valence-electron chi connectivity index (χ2n) is 5.47. The lowest BCUT2D eigenvalue weighted by Gasteiger charge is -2.15. The molecule has 3 rings (SSSR count). The predicted octanol–water partition coefficient (Wildman–Crippen LogP) is 3.84. The maximum Gasteiger partial charge on any atom is 0.147 e. The number of ketones is 1. The van der Waals surface area contributed by atoms with E-state index in [1.807, 2.05) is 30.3 Å². The molecule has 1 saturated carbocycles. The van der Waals surface area contributed by atoms with E-state index in [2.05, 4.69) is 31.2 Å². The number of Topliss-reactive ketones (excluding diaryl/α,β-unsaturated/α-hetero) is 1. The number of carbonyl (C=O) groups excluding carboxylic acids is 1. The third-order valence-electron chi connectivity index (χ3n) is 4.22. The van der Waals surface area contributed by atoms with E-state index in [4.69, 9.17) is 0 Å². The van der Waals surface area contributed by atoms with E-state index in [-0.39, 0.29) is 5.41 Å². The normalized spacial score (nSPS) is 16.1. The molecule has 1 aliphatic carbocycles. The van der Waals surface area contributed by atoms with Crippen LogP contribution in [0.25, 0.3) is 0 Å². The van der Waals surface area contributed by atoms with Crippen LogP contribution in [0.4, 0.5) is 0 Å². The minimum absolute atomic E-state index is 0.191. The molecule has 0 radical (unpaired) electrons. The highest BCUT2D eigenvalue weighted by molar-refractivity contribution is 5.94. The lowest BCUT2D eigenvalue weighted by molar-refractivity contribution is -0.120. The Kier molecular flexibility index (Phi) is 2.98. The first-order chi connectivity index (χ1) is 9.22. The highest BCUT2D eigenvalue weighted by Crippen LogP contribution is 2.49. The van der Waals surface area contributed by atoms with E-state index in [0.717, 1.165) is 18.4 Å². The van der Waals surface area contributed by atoms with Crippen LogP contribution >= 0.6 is 0 Å². The van der Waals surface area contributed by atoms with Crippen molar-refractivity contribution in [2.45, 2.75) is 31.6 Å². The van der Waals surface area contributed by atoms with Gasteiger partial charge in [-0.25, -0.2) is 0 Å². The van der Waals surface area contributed by atoms with Gasteiger partial charge in [-0.05, 0) is 36.5 Å². The second-order valence-corrected chi connectivity index (χ2v) is 5.47. The van der Waals surface area contributed by atoms with Crippen molar-refractivity contribution in [3.63, 3.8) is 0 Å². The summed E-state index contributed by atoms with van der Waals surface area (Å²) in [5.41, 5.74) is 3.37. The average Bonchev–Trinajstić information content (AvgIpc) is 3.24. The molecule has 1 nitrogen and oxygen atoms in total. The summed E-state index contributed by atoms with van der Waals surface area (Å²) in [7, 11) is 0. The molecule has 1 fully saturated rings. The topological polar surface area (TPSA) is 17.1 Å². The van der Waals surface area contributed by atoms with Crippen LogP contribution in [0, 0.1) is 6.92 Å². The third-order valence-corrected chi connectivity index (χ3v) is 4.22. The van der Waals surface area contributed by atoms with Gasteiger partial charge < -0.3 is 0 Å². The van der Waals surface area contributed by atoms with Gasteiger partial charge in [0.2, 0.25) is 0 Å². The summed E-state index contributed by atoms with van der Waals surface area (Å²) >= 11 is 0. The molecular formula is C18H18O. The maximum atomic E-state index is 12.6. The van der Waals surface area contributed by atoms with Crippen LogP contribution in [-0.4, -0.2) is 5.78 Å². The Morgan fingerprint density at radius 3 is 2.26 bits per heavy atom. The molecule has 0 saturated heterocycles. The Hall–Kier alpha value is -1.89. The fraction of sp³-hybridized carbons (Fsp3) is 0.278. The van der Waals surface area contributed by atoms with Crippen LogP contribution < -0.4 is 0 Å². The molecule has 2 aromatic carbocycles. The van der Waals surface area contributed by atoms with E-state index < -0.39 is 0 Å². The Bertz CT molecular complexity index is 594. The largest absolute Gasteiger partial charge is 0.298 e. The quantitative estimate of drug-likeness (QED) is 0.805. The van der Waals surface area contributed by atoms with Crippen LogP contribution in [0.5, 0.6) is 0 Å². The fourth-order valence-corrected chi connectivity index (χ4v) is 2.76. The predicted molar refractivity (Wildman–Crippen MR) is 77.2 cm³/mol. The molecule has 0 unspecified atom stereocenters. The van der Waals surface area contributed by atoms with Gasteiger partial charge >= 0.3 is 0 Å². The average molecular weight is 250 g/mol. The van der Waals surface area contributed by atoms with Crippen molar-refractivity contribution in [3.8, 4) is 0 Å². The highest BCUT2D eigenvalue weighted by atomic mass is 16.1. The molecule has 0 aromatic heterocycles. The van der Waals surface area contributed by atoms with E-state index in [9.17, 15) is 4.79 Å². The van der Waals surface area contributed by atoms with E-state index in [1.54, 1.807) is 0 Å². The van der Waals surface area contributed by atoms with Crippen LogP contribution in [0.15, 0.2) is 54.6 Å². The monoisotopic (exact) mass is 250 g/mol. The highest BCUT2D eigenvalue weighted by Gasteiger charge is 2.50. The first-order valence-corrected chi connectivity index (χ1v) is 6.86. The van der Waals surface area contributed by atoms with Gasteiger partial charge in [0.05, 0.1) is 5.41 Å². The molecule has 1 heteroatoms.